The van der Waals surface area contributed by atoms with Crippen molar-refractivity contribution in [2.45, 2.75) is 58.2 Å². The van der Waals surface area contributed by atoms with Crippen LogP contribution in [0.25, 0.3) is 0 Å². The normalized spacial score (nSPS) is 13.8. The number of thioether (sulfide) groups is 1. The number of carbonyl (C=O) groups excluding carboxylic acids is 4. The van der Waals surface area contributed by atoms with Gasteiger partial charge in [-0.3, -0.25) is 19.2 Å². The molecular formula is C22H33N3O4S. The Hall–Kier alpha value is -2.35. The standard InChI is InChI=1S/C22H33N3O4S/c1-15(2)12-20(25-21(28)18(23-14-26)10-11-30-4)22(29)24-19(16(3)27)13-17-8-6-5-7-9-17/h5-9,14-15,18-20H,10-13H2,1-4H3,(H,23,26)(H,24,29)(H,25,28). The van der Waals surface area contributed by atoms with Gasteiger partial charge in [0.25, 0.3) is 0 Å². The summed E-state index contributed by atoms with van der Waals surface area (Å²) in [5.74, 6) is -0.108. The van der Waals surface area contributed by atoms with Crippen LogP contribution in [0.15, 0.2) is 30.3 Å². The van der Waals surface area contributed by atoms with E-state index in [-0.39, 0.29) is 11.7 Å². The van der Waals surface area contributed by atoms with Crippen molar-refractivity contribution in [2.24, 2.45) is 5.92 Å². The van der Waals surface area contributed by atoms with E-state index in [4.69, 9.17) is 0 Å². The minimum absolute atomic E-state index is 0.148. The fourth-order valence-electron chi connectivity index (χ4n) is 3.00. The molecule has 3 amide bonds. The van der Waals surface area contributed by atoms with Crippen LogP contribution in [0.3, 0.4) is 0 Å². The second kappa shape index (κ2) is 13.8. The Labute approximate surface area is 183 Å². The van der Waals surface area contributed by atoms with Crippen molar-refractivity contribution in [1.29, 1.82) is 0 Å². The Morgan fingerprint density at radius 2 is 1.60 bits per heavy atom. The highest BCUT2D eigenvalue weighted by molar-refractivity contribution is 7.98. The summed E-state index contributed by atoms with van der Waals surface area (Å²) in [6, 6.07) is 7.28. The minimum Gasteiger partial charge on any atom is -0.347 e. The summed E-state index contributed by atoms with van der Waals surface area (Å²) in [6.07, 6.45) is 3.68. The average molecular weight is 436 g/mol. The van der Waals surface area contributed by atoms with Gasteiger partial charge in [0.05, 0.1) is 6.04 Å². The highest BCUT2D eigenvalue weighted by atomic mass is 32.2. The summed E-state index contributed by atoms with van der Waals surface area (Å²) in [5.41, 5.74) is 0.940. The van der Waals surface area contributed by atoms with Crippen molar-refractivity contribution in [2.75, 3.05) is 12.0 Å². The van der Waals surface area contributed by atoms with Crippen LogP contribution in [0.1, 0.15) is 39.2 Å². The van der Waals surface area contributed by atoms with Crippen molar-refractivity contribution < 1.29 is 19.2 Å². The van der Waals surface area contributed by atoms with Gasteiger partial charge in [-0.1, -0.05) is 44.2 Å². The number of rotatable bonds is 14. The summed E-state index contributed by atoms with van der Waals surface area (Å²) in [5, 5.41) is 8.06. The predicted octanol–water partition coefficient (Wildman–Crippen LogP) is 1.70. The minimum atomic E-state index is -0.791. The molecule has 3 atom stereocenters. The lowest BCUT2D eigenvalue weighted by Crippen LogP contribution is -2.55. The van der Waals surface area contributed by atoms with Gasteiger partial charge in [-0.15, -0.1) is 0 Å². The Morgan fingerprint density at radius 3 is 2.13 bits per heavy atom. The third kappa shape index (κ3) is 9.43. The monoisotopic (exact) mass is 435 g/mol. The zero-order valence-electron chi connectivity index (χ0n) is 18.1. The van der Waals surface area contributed by atoms with E-state index in [2.05, 4.69) is 16.0 Å². The summed E-state index contributed by atoms with van der Waals surface area (Å²) in [6.45, 7) is 5.35. The largest absolute Gasteiger partial charge is 0.347 e. The van der Waals surface area contributed by atoms with E-state index in [1.54, 1.807) is 11.8 Å². The first kappa shape index (κ1) is 25.7. The Bertz CT molecular complexity index is 697. The van der Waals surface area contributed by atoms with Gasteiger partial charge >= 0.3 is 0 Å². The third-order valence-corrected chi connectivity index (χ3v) is 5.27. The van der Waals surface area contributed by atoms with E-state index >= 15 is 0 Å². The maximum Gasteiger partial charge on any atom is 0.243 e. The topological polar surface area (TPSA) is 104 Å². The molecule has 30 heavy (non-hydrogen) atoms. The molecule has 3 N–H and O–H groups in total. The Morgan fingerprint density at radius 1 is 1.00 bits per heavy atom. The van der Waals surface area contributed by atoms with Crippen molar-refractivity contribution in [1.82, 2.24) is 16.0 Å². The first-order valence-electron chi connectivity index (χ1n) is 10.1. The summed E-state index contributed by atoms with van der Waals surface area (Å²) in [7, 11) is 0. The highest BCUT2D eigenvalue weighted by Crippen LogP contribution is 2.09. The van der Waals surface area contributed by atoms with Crippen molar-refractivity contribution in [3.05, 3.63) is 35.9 Å². The van der Waals surface area contributed by atoms with Gasteiger partial charge in [0.2, 0.25) is 18.2 Å². The van der Waals surface area contributed by atoms with Crippen LogP contribution >= 0.6 is 11.8 Å². The number of Topliss-reactive ketones (excluding diaryl/α,β-unsaturated/α-hetero) is 1. The molecule has 0 heterocycles. The van der Waals surface area contributed by atoms with Gasteiger partial charge in [0, 0.05) is 0 Å². The van der Waals surface area contributed by atoms with Gasteiger partial charge in [-0.05, 0) is 49.7 Å². The molecule has 0 radical (unpaired) electrons. The van der Waals surface area contributed by atoms with Gasteiger partial charge in [-0.25, -0.2) is 0 Å². The highest BCUT2D eigenvalue weighted by Gasteiger charge is 2.28. The number of hydrogen-bond acceptors (Lipinski definition) is 5. The molecule has 0 bridgehead atoms. The molecule has 8 heteroatoms. The lowest BCUT2D eigenvalue weighted by molar-refractivity contribution is -0.132. The molecule has 0 saturated heterocycles. The summed E-state index contributed by atoms with van der Waals surface area (Å²) >= 11 is 1.57. The molecule has 1 aromatic carbocycles. The molecule has 7 nitrogen and oxygen atoms in total. The Kier molecular flexibility index (Phi) is 11.8. The molecule has 1 aromatic rings. The fraction of sp³-hybridized carbons (Fsp3) is 0.545. The third-order valence-electron chi connectivity index (χ3n) is 4.63. The summed E-state index contributed by atoms with van der Waals surface area (Å²) < 4.78 is 0. The number of ketones is 1. The number of benzene rings is 1. The van der Waals surface area contributed by atoms with Crippen LogP contribution < -0.4 is 16.0 Å². The molecule has 0 spiro atoms. The second-order valence-electron chi connectivity index (χ2n) is 7.67. The zero-order chi connectivity index (χ0) is 22.5. The molecule has 166 valence electrons. The zero-order valence-corrected chi connectivity index (χ0v) is 19.0. The lowest BCUT2D eigenvalue weighted by atomic mass is 9.99. The van der Waals surface area contributed by atoms with E-state index in [1.165, 1.54) is 6.92 Å². The van der Waals surface area contributed by atoms with Crippen LogP contribution in [0.4, 0.5) is 0 Å². The van der Waals surface area contributed by atoms with E-state index in [0.29, 0.717) is 31.4 Å². The molecule has 0 saturated carbocycles. The number of hydrogen-bond donors (Lipinski definition) is 3. The van der Waals surface area contributed by atoms with Gasteiger partial charge in [0.15, 0.2) is 5.78 Å². The predicted molar refractivity (Wildman–Crippen MR) is 120 cm³/mol. The van der Waals surface area contributed by atoms with E-state index < -0.39 is 29.9 Å². The van der Waals surface area contributed by atoms with E-state index in [9.17, 15) is 19.2 Å². The van der Waals surface area contributed by atoms with Gasteiger partial charge in [-0.2, -0.15) is 11.8 Å². The Balaban J connectivity index is 2.88. The molecule has 3 unspecified atom stereocenters. The average Bonchev–Trinajstić information content (AvgIpc) is 2.70. The number of carbonyl (C=O) groups is 4. The van der Waals surface area contributed by atoms with Gasteiger partial charge in [0.1, 0.15) is 12.1 Å². The number of amides is 3. The molecule has 0 fully saturated rings. The van der Waals surface area contributed by atoms with Gasteiger partial charge < -0.3 is 16.0 Å². The second-order valence-corrected chi connectivity index (χ2v) is 8.66. The maximum absolute atomic E-state index is 12.9. The SMILES string of the molecule is CSCCC(NC=O)C(=O)NC(CC(C)C)C(=O)NC(Cc1ccccc1)C(C)=O. The fourth-order valence-corrected chi connectivity index (χ4v) is 3.47. The van der Waals surface area contributed by atoms with Crippen LogP contribution in [0.5, 0.6) is 0 Å². The summed E-state index contributed by atoms with van der Waals surface area (Å²) in [4.78, 5) is 48.6. The quantitative estimate of drug-likeness (QED) is 0.386. The lowest BCUT2D eigenvalue weighted by Gasteiger charge is -2.25. The molecule has 0 aromatic heterocycles. The molecule has 0 aliphatic carbocycles. The van der Waals surface area contributed by atoms with Crippen LogP contribution in [0, 0.1) is 5.92 Å². The van der Waals surface area contributed by atoms with E-state index in [0.717, 1.165) is 5.56 Å². The van der Waals surface area contributed by atoms with Crippen LogP contribution in [-0.4, -0.2) is 54.1 Å². The molecule has 0 aliphatic heterocycles. The van der Waals surface area contributed by atoms with Crippen LogP contribution in [-0.2, 0) is 25.6 Å². The van der Waals surface area contributed by atoms with Crippen molar-refractivity contribution in [3.8, 4) is 0 Å². The first-order chi connectivity index (χ1) is 14.3. The maximum atomic E-state index is 12.9. The number of nitrogens with one attached hydrogen (secondary N) is 3. The van der Waals surface area contributed by atoms with Crippen molar-refractivity contribution >= 4 is 35.8 Å². The van der Waals surface area contributed by atoms with Crippen LogP contribution in [0.2, 0.25) is 0 Å². The molecular weight excluding hydrogens is 402 g/mol. The molecule has 1 rings (SSSR count). The molecule has 0 aliphatic rings. The first-order valence-corrected chi connectivity index (χ1v) is 11.5. The van der Waals surface area contributed by atoms with Crippen molar-refractivity contribution in [3.63, 3.8) is 0 Å². The smallest absolute Gasteiger partial charge is 0.243 e. The van der Waals surface area contributed by atoms with E-state index in [1.807, 2.05) is 50.4 Å².